The lowest BCUT2D eigenvalue weighted by Crippen LogP contribution is -2.13. The molecule has 6 heteroatoms. The number of hydrogen-bond donors (Lipinski definition) is 1. The molecule has 112 valence electrons. The van der Waals surface area contributed by atoms with E-state index in [9.17, 15) is 8.42 Å². The van der Waals surface area contributed by atoms with E-state index in [0.29, 0.717) is 21.1 Å². The van der Waals surface area contributed by atoms with Crippen LogP contribution in [0.25, 0.3) is 10.8 Å². The Morgan fingerprint density at radius 2 is 1.45 bits per heavy atom. The Kier molecular flexibility index (Phi) is 4.00. The largest absolute Gasteiger partial charge is 0.280 e. The van der Waals surface area contributed by atoms with Crippen LogP contribution in [0.4, 0.5) is 5.69 Å². The maximum absolute atomic E-state index is 12.6. The van der Waals surface area contributed by atoms with E-state index >= 15 is 0 Å². The van der Waals surface area contributed by atoms with Crippen LogP contribution in [0.2, 0.25) is 10.0 Å². The molecule has 3 nitrogen and oxygen atoms in total. The predicted octanol–water partition coefficient (Wildman–Crippen LogP) is 4.95. The number of fused-ring (bicyclic) bond motifs is 1. The van der Waals surface area contributed by atoms with Crippen molar-refractivity contribution < 1.29 is 8.42 Å². The second-order valence-corrected chi connectivity index (χ2v) is 7.26. The van der Waals surface area contributed by atoms with Crippen molar-refractivity contribution in [2.24, 2.45) is 0 Å². The van der Waals surface area contributed by atoms with E-state index in [1.165, 1.54) is 12.1 Å². The van der Waals surface area contributed by atoms with Crippen LogP contribution in [0.5, 0.6) is 0 Å². The lowest BCUT2D eigenvalue weighted by molar-refractivity contribution is 0.602. The average molecular weight is 352 g/mol. The standard InChI is InChI=1S/C16H11Cl2NO2S/c17-12-8-13(18)10-14(9-12)19-22(20,21)16-7-3-5-11-4-1-2-6-15(11)16/h1-10,19H. The molecule has 3 aromatic rings. The second kappa shape index (κ2) is 5.80. The molecule has 3 rings (SSSR count). The van der Waals surface area contributed by atoms with E-state index in [1.54, 1.807) is 30.3 Å². The summed E-state index contributed by atoms with van der Waals surface area (Å²) in [5.41, 5.74) is 0.324. The zero-order valence-corrected chi connectivity index (χ0v) is 13.6. The van der Waals surface area contributed by atoms with Crippen LogP contribution in [0.15, 0.2) is 65.6 Å². The molecule has 0 fully saturated rings. The third-order valence-corrected chi connectivity index (χ3v) is 5.03. The van der Waals surface area contributed by atoms with Gasteiger partial charge in [0.15, 0.2) is 0 Å². The molecule has 0 aliphatic rings. The topological polar surface area (TPSA) is 46.2 Å². The summed E-state index contributed by atoms with van der Waals surface area (Å²) in [5, 5.41) is 2.24. The highest BCUT2D eigenvalue weighted by Crippen LogP contribution is 2.27. The zero-order chi connectivity index (χ0) is 15.7. The molecule has 1 N–H and O–H groups in total. The van der Waals surface area contributed by atoms with Crippen molar-refractivity contribution in [3.63, 3.8) is 0 Å². The number of sulfonamides is 1. The molecule has 0 radical (unpaired) electrons. The quantitative estimate of drug-likeness (QED) is 0.725. The highest BCUT2D eigenvalue weighted by molar-refractivity contribution is 7.93. The van der Waals surface area contributed by atoms with E-state index in [0.717, 1.165) is 5.39 Å². The summed E-state index contributed by atoms with van der Waals surface area (Å²) in [5.74, 6) is 0. The second-order valence-electron chi connectivity index (χ2n) is 4.74. The summed E-state index contributed by atoms with van der Waals surface area (Å²) in [6.45, 7) is 0. The zero-order valence-electron chi connectivity index (χ0n) is 11.3. The van der Waals surface area contributed by atoms with E-state index in [1.807, 2.05) is 18.2 Å². The van der Waals surface area contributed by atoms with Gasteiger partial charge >= 0.3 is 0 Å². The van der Waals surface area contributed by atoms with Crippen LogP contribution in [0.1, 0.15) is 0 Å². The number of anilines is 1. The Bertz CT molecular complexity index is 930. The molecule has 0 heterocycles. The third-order valence-electron chi connectivity index (χ3n) is 3.15. The lowest BCUT2D eigenvalue weighted by atomic mass is 10.1. The van der Waals surface area contributed by atoms with Gasteiger partial charge < -0.3 is 0 Å². The molecule has 0 spiro atoms. The molecule has 0 aliphatic heterocycles. The highest BCUT2D eigenvalue weighted by atomic mass is 35.5. The fourth-order valence-corrected chi connectivity index (χ4v) is 4.05. The summed E-state index contributed by atoms with van der Waals surface area (Å²) in [4.78, 5) is 0.210. The maximum Gasteiger partial charge on any atom is 0.262 e. The molecule has 0 aromatic heterocycles. The van der Waals surface area contributed by atoms with Crippen LogP contribution in [-0.4, -0.2) is 8.42 Å². The molecule has 0 bridgehead atoms. The van der Waals surface area contributed by atoms with Crippen LogP contribution in [0.3, 0.4) is 0 Å². The smallest absolute Gasteiger partial charge is 0.262 e. The van der Waals surface area contributed by atoms with E-state index in [-0.39, 0.29) is 4.90 Å². The Morgan fingerprint density at radius 1 is 0.818 bits per heavy atom. The van der Waals surface area contributed by atoms with Gasteiger partial charge in [-0.1, -0.05) is 59.6 Å². The number of halogens is 2. The fraction of sp³-hybridized carbons (Fsp3) is 0. The van der Waals surface area contributed by atoms with Gasteiger partial charge in [-0.15, -0.1) is 0 Å². The molecule has 0 atom stereocenters. The molecule has 0 saturated heterocycles. The van der Waals surface area contributed by atoms with Gasteiger partial charge in [-0.05, 0) is 29.7 Å². The Labute approximate surface area is 138 Å². The Balaban J connectivity index is 2.09. The van der Waals surface area contributed by atoms with Gasteiger partial charge in [-0.3, -0.25) is 4.72 Å². The van der Waals surface area contributed by atoms with Crippen molar-refractivity contribution in [2.45, 2.75) is 4.90 Å². The van der Waals surface area contributed by atoms with Crippen molar-refractivity contribution in [1.29, 1.82) is 0 Å². The van der Waals surface area contributed by atoms with Crippen molar-refractivity contribution in [3.05, 3.63) is 70.7 Å². The normalized spacial score (nSPS) is 11.5. The third kappa shape index (κ3) is 3.04. The van der Waals surface area contributed by atoms with Gasteiger partial charge in [0.25, 0.3) is 10.0 Å². The Morgan fingerprint density at radius 3 is 2.18 bits per heavy atom. The number of nitrogens with one attached hydrogen (secondary N) is 1. The molecule has 0 amide bonds. The number of hydrogen-bond acceptors (Lipinski definition) is 2. The minimum Gasteiger partial charge on any atom is -0.280 e. The lowest BCUT2D eigenvalue weighted by Gasteiger charge is -2.11. The van der Waals surface area contributed by atoms with Gasteiger partial charge in [0.1, 0.15) is 0 Å². The highest BCUT2D eigenvalue weighted by Gasteiger charge is 2.17. The first-order valence-corrected chi connectivity index (χ1v) is 8.66. The van der Waals surface area contributed by atoms with Gasteiger partial charge in [-0.2, -0.15) is 0 Å². The van der Waals surface area contributed by atoms with Crippen LogP contribution < -0.4 is 4.72 Å². The van der Waals surface area contributed by atoms with Gasteiger partial charge in [0.05, 0.1) is 10.6 Å². The summed E-state index contributed by atoms with van der Waals surface area (Å²) in [6, 6.07) is 17.0. The van der Waals surface area contributed by atoms with E-state index in [2.05, 4.69) is 4.72 Å². The maximum atomic E-state index is 12.6. The van der Waals surface area contributed by atoms with Gasteiger partial charge in [-0.25, -0.2) is 8.42 Å². The fourth-order valence-electron chi connectivity index (χ4n) is 2.25. The molecular weight excluding hydrogens is 341 g/mol. The molecule has 0 unspecified atom stereocenters. The van der Waals surface area contributed by atoms with Crippen molar-refractivity contribution >= 4 is 49.7 Å². The minimum atomic E-state index is -3.74. The van der Waals surface area contributed by atoms with Crippen LogP contribution in [-0.2, 0) is 10.0 Å². The summed E-state index contributed by atoms with van der Waals surface area (Å²) in [6.07, 6.45) is 0. The monoisotopic (exact) mass is 351 g/mol. The van der Waals surface area contributed by atoms with Crippen molar-refractivity contribution in [2.75, 3.05) is 4.72 Å². The molecule has 22 heavy (non-hydrogen) atoms. The molecule has 3 aromatic carbocycles. The SMILES string of the molecule is O=S(=O)(Nc1cc(Cl)cc(Cl)c1)c1cccc2ccccc12. The number of benzene rings is 3. The summed E-state index contributed by atoms with van der Waals surface area (Å²) < 4.78 is 27.8. The predicted molar refractivity (Wildman–Crippen MR) is 91.2 cm³/mol. The molecule has 0 saturated carbocycles. The summed E-state index contributed by atoms with van der Waals surface area (Å²) in [7, 11) is -3.74. The molecular formula is C16H11Cl2NO2S. The van der Waals surface area contributed by atoms with Gasteiger partial charge in [0.2, 0.25) is 0 Å². The minimum absolute atomic E-state index is 0.210. The average Bonchev–Trinajstić information content (AvgIpc) is 2.45. The van der Waals surface area contributed by atoms with E-state index in [4.69, 9.17) is 23.2 Å². The van der Waals surface area contributed by atoms with Crippen molar-refractivity contribution in [1.82, 2.24) is 0 Å². The molecule has 0 aliphatic carbocycles. The van der Waals surface area contributed by atoms with Crippen LogP contribution >= 0.6 is 23.2 Å². The first-order chi connectivity index (χ1) is 10.5. The number of rotatable bonds is 3. The van der Waals surface area contributed by atoms with Crippen molar-refractivity contribution in [3.8, 4) is 0 Å². The first kappa shape index (κ1) is 15.2. The van der Waals surface area contributed by atoms with Gasteiger partial charge in [0, 0.05) is 15.4 Å². The Hall–Kier alpha value is -1.75. The summed E-state index contributed by atoms with van der Waals surface area (Å²) >= 11 is 11.8. The van der Waals surface area contributed by atoms with Crippen LogP contribution in [0, 0.1) is 0 Å². The van der Waals surface area contributed by atoms with E-state index < -0.39 is 10.0 Å². The first-order valence-electron chi connectivity index (χ1n) is 6.42.